The fourth-order valence-corrected chi connectivity index (χ4v) is 8.21. The molecule has 7 aromatic rings. The average Bonchev–Trinajstić information content (AvgIpc) is 3.15. The first-order valence-corrected chi connectivity index (χ1v) is 17.9. The van der Waals surface area contributed by atoms with Crippen molar-refractivity contribution in [3.63, 3.8) is 0 Å². The minimum absolute atomic E-state index is 0.0779. The molecule has 7 aromatic carbocycles. The summed E-state index contributed by atoms with van der Waals surface area (Å²) in [5.74, 6) is 0. The number of hydrogen-bond acceptors (Lipinski definition) is 2. The molecule has 0 N–H and O–H groups in total. The molecule has 2 aliphatic rings. The van der Waals surface area contributed by atoms with Crippen LogP contribution in [-0.2, 0) is 10.8 Å². The first-order chi connectivity index (χ1) is 24.3. The summed E-state index contributed by atoms with van der Waals surface area (Å²) in [5.41, 5.74) is 15.1. The van der Waals surface area contributed by atoms with Gasteiger partial charge >= 0.3 is 0 Å². The Morgan fingerprint density at radius 2 is 0.680 bits per heavy atom. The minimum Gasteiger partial charge on any atom is -0.306 e. The molecule has 2 nitrogen and oxygen atoms in total. The van der Waals surface area contributed by atoms with Crippen LogP contribution in [0.4, 0.5) is 34.1 Å². The molecule has 0 fully saturated rings. The Balaban J connectivity index is 1.31. The number of fused-ring (bicyclic) bond motifs is 4. The van der Waals surface area contributed by atoms with Crippen LogP contribution in [0.25, 0.3) is 33.0 Å². The third kappa shape index (κ3) is 5.01. The van der Waals surface area contributed by atoms with Crippen LogP contribution in [-0.4, -0.2) is 0 Å². The van der Waals surface area contributed by atoms with Crippen molar-refractivity contribution in [1.82, 2.24) is 0 Å². The Hall–Kier alpha value is -5.60. The van der Waals surface area contributed by atoms with Gasteiger partial charge in [-0.3, -0.25) is 0 Å². The van der Waals surface area contributed by atoms with Crippen molar-refractivity contribution < 1.29 is 0 Å². The van der Waals surface area contributed by atoms with Crippen molar-refractivity contribution in [2.75, 3.05) is 9.80 Å². The lowest BCUT2D eigenvalue weighted by atomic mass is 9.63. The molecule has 0 radical (unpaired) electrons. The van der Waals surface area contributed by atoms with Gasteiger partial charge < -0.3 is 9.80 Å². The third-order valence-corrected chi connectivity index (χ3v) is 11.2. The highest BCUT2D eigenvalue weighted by atomic mass is 15.3. The highest BCUT2D eigenvalue weighted by molar-refractivity contribution is 6.06. The van der Waals surface area contributed by atoms with Crippen LogP contribution >= 0.6 is 0 Å². The van der Waals surface area contributed by atoms with Gasteiger partial charge in [-0.25, -0.2) is 0 Å². The van der Waals surface area contributed by atoms with Gasteiger partial charge in [0.1, 0.15) is 0 Å². The summed E-state index contributed by atoms with van der Waals surface area (Å²) in [5, 5.41) is 2.47. The maximum absolute atomic E-state index is 2.53. The second-order valence-electron chi connectivity index (χ2n) is 15.3. The molecule has 0 bridgehead atoms. The Morgan fingerprint density at radius 1 is 0.360 bits per heavy atom. The smallest absolute Gasteiger partial charge is 0.0709 e. The van der Waals surface area contributed by atoms with E-state index in [0.29, 0.717) is 0 Å². The number of benzene rings is 7. The zero-order chi connectivity index (χ0) is 34.0. The zero-order valence-corrected chi connectivity index (χ0v) is 29.3. The van der Waals surface area contributed by atoms with Crippen LogP contribution in [0.5, 0.6) is 0 Å². The lowest BCUT2D eigenvalue weighted by Crippen LogP contribution is -2.35. The summed E-state index contributed by atoms with van der Waals surface area (Å²) in [4.78, 5) is 5.03. The van der Waals surface area contributed by atoms with Crippen LogP contribution in [0.15, 0.2) is 158 Å². The first kappa shape index (κ1) is 30.5. The number of anilines is 6. The molecule has 0 saturated carbocycles. The summed E-state index contributed by atoms with van der Waals surface area (Å²) in [6, 6.07) is 58.2. The molecule has 0 unspecified atom stereocenters. The molecule has 0 spiro atoms. The Morgan fingerprint density at radius 3 is 1.06 bits per heavy atom. The lowest BCUT2D eigenvalue weighted by Gasteiger charge is -2.46. The van der Waals surface area contributed by atoms with E-state index < -0.39 is 0 Å². The fourth-order valence-electron chi connectivity index (χ4n) is 8.21. The molecule has 0 aromatic heterocycles. The summed E-state index contributed by atoms with van der Waals surface area (Å²) in [7, 11) is 0. The van der Waals surface area contributed by atoms with Crippen LogP contribution in [0, 0.1) is 0 Å². The third-order valence-electron chi connectivity index (χ3n) is 11.2. The second kappa shape index (κ2) is 11.5. The fraction of sp³-hybridized carbons (Fsp3) is 0.167. The van der Waals surface area contributed by atoms with Crippen molar-refractivity contribution in [1.29, 1.82) is 0 Å². The Bertz CT molecular complexity index is 2180. The summed E-state index contributed by atoms with van der Waals surface area (Å²) < 4.78 is 0. The molecule has 0 atom stereocenters. The molecule has 244 valence electrons. The monoisotopic (exact) mass is 646 g/mol. The van der Waals surface area contributed by atoms with Gasteiger partial charge in [0.15, 0.2) is 0 Å². The second-order valence-corrected chi connectivity index (χ2v) is 15.3. The number of hydrogen-bond donors (Lipinski definition) is 0. The predicted molar refractivity (Wildman–Crippen MR) is 213 cm³/mol. The highest BCUT2D eigenvalue weighted by Gasteiger charge is 2.41. The van der Waals surface area contributed by atoms with Crippen LogP contribution in [0.3, 0.4) is 0 Å². The van der Waals surface area contributed by atoms with Crippen LogP contribution in [0.1, 0.15) is 51.7 Å². The summed E-state index contributed by atoms with van der Waals surface area (Å²) >= 11 is 0. The van der Waals surface area contributed by atoms with Crippen molar-refractivity contribution >= 4 is 44.9 Å². The van der Waals surface area contributed by atoms with Gasteiger partial charge in [-0.1, -0.05) is 137 Å². The van der Waals surface area contributed by atoms with E-state index in [-0.39, 0.29) is 10.8 Å². The largest absolute Gasteiger partial charge is 0.306 e. The van der Waals surface area contributed by atoms with Gasteiger partial charge in [0.25, 0.3) is 0 Å². The van der Waals surface area contributed by atoms with Crippen molar-refractivity contribution in [2.45, 2.75) is 51.4 Å². The molecule has 1 heterocycles. The van der Waals surface area contributed by atoms with E-state index in [4.69, 9.17) is 0 Å². The van der Waals surface area contributed by atoms with Crippen molar-refractivity contribution in [2.24, 2.45) is 0 Å². The summed E-state index contributed by atoms with van der Waals surface area (Å²) in [6.07, 6.45) is 2.34. The molecule has 1 aliphatic heterocycles. The van der Waals surface area contributed by atoms with Crippen LogP contribution in [0.2, 0.25) is 0 Å². The van der Waals surface area contributed by atoms with Gasteiger partial charge in [0.2, 0.25) is 0 Å². The Labute approximate surface area is 296 Å². The predicted octanol–water partition coefficient (Wildman–Crippen LogP) is 13.8. The maximum atomic E-state index is 2.53. The van der Waals surface area contributed by atoms with Gasteiger partial charge in [-0.15, -0.1) is 0 Å². The molecule has 1 aliphatic carbocycles. The molecular weight excluding hydrogens is 605 g/mol. The number of nitrogens with zero attached hydrogens (tertiary/aromatic N) is 2. The van der Waals surface area contributed by atoms with E-state index in [1.807, 2.05) is 0 Å². The van der Waals surface area contributed by atoms with Crippen LogP contribution < -0.4 is 9.80 Å². The van der Waals surface area contributed by atoms with E-state index in [1.165, 1.54) is 79.7 Å². The first-order valence-electron chi connectivity index (χ1n) is 17.9. The highest BCUT2D eigenvalue weighted by Crippen LogP contribution is 2.58. The molecule has 0 saturated heterocycles. The minimum atomic E-state index is 0.0779. The van der Waals surface area contributed by atoms with Gasteiger partial charge in [0.05, 0.1) is 22.7 Å². The topological polar surface area (TPSA) is 6.48 Å². The standard InChI is InChI=1S/C48H42N2/c1-47(2)27-28-48(3,4)42-32-46-45(31-41(42)47)49(39-23-19-35(20-24-39)33-13-7-5-8-14-33)43-29-37-17-11-12-18-38(37)30-44(43)50(46)40-25-21-36(22-26-40)34-15-9-6-10-16-34/h5-26,29-32H,27-28H2,1-4H3. The normalized spacial score (nSPS) is 15.7. The molecule has 2 heteroatoms. The number of rotatable bonds is 4. The van der Waals surface area contributed by atoms with E-state index in [2.05, 4.69) is 195 Å². The van der Waals surface area contributed by atoms with Gasteiger partial charge in [0, 0.05) is 11.4 Å². The van der Waals surface area contributed by atoms with E-state index in [9.17, 15) is 0 Å². The van der Waals surface area contributed by atoms with Gasteiger partial charge in [-0.2, -0.15) is 0 Å². The lowest BCUT2D eigenvalue weighted by molar-refractivity contribution is 0.332. The summed E-state index contributed by atoms with van der Waals surface area (Å²) in [6.45, 7) is 9.71. The molecule has 0 amide bonds. The molecule has 9 rings (SSSR count). The van der Waals surface area contributed by atoms with Crippen molar-refractivity contribution in [3.05, 3.63) is 169 Å². The quantitative estimate of drug-likeness (QED) is 0.188. The SMILES string of the molecule is CC1(C)CCC(C)(C)c2cc3c(cc21)N(c1ccc(-c2ccccc2)cc1)c1cc2ccccc2cc1N3c1ccc(-c2ccccc2)cc1. The van der Waals surface area contributed by atoms with E-state index >= 15 is 0 Å². The average molecular weight is 647 g/mol. The molecular formula is C48H42N2. The van der Waals surface area contributed by atoms with Gasteiger partial charge in [-0.05, 0) is 116 Å². The van der Waals surface area contributed by atoms with Crippen molar-refractivity contribution in [3.8, 4) is 22.3 Å². The maximum Gasteiger partial charge on any atom is 0.0709 e. The molecule has 50 heavy (non-hydrogen) atoms. The zero-order valence-electron chi connectivity index (χ0n) is 29.3. The van der Waals surface area contributed by atoms with E-state index in [1.54, 1.807) is 0 Å². The van der Waals surface area contributed by atoms with E-state index in [0.717, 1.165) is 11.4 Å². The Kier molecular flexibility index (Phi) is 7.00.